The summed E-state index contributed by atoms with van der Waals surface area (Å²) in [6.07, 6.45) is 0. The average molecular weight is 486 g/mol. The summed E-state index contributed by atoms with van der Waals surface area (Å²) in [5.41, 5.74) is 11.9. The maximum atomic E-state index is 3.90. The Balaban J connectivity index is 1.52. The Hall–Kier alpha value is -4.88. The molecular formula is C37H27N. The Labute approximate surface area is 224 Å². The van der Waals surface area contributed by atoms with Crippen molar-refractivity contribution in [1.82, 2.24) is 0 Å². The standard InChI is InChI=1S/C37H27N/c1-4-15-27(16-5-1)30-21-11-13-25-34(30)38-35-26-14-23-32-31-22-10-12-24-33(31)37(36(32)35,28-17-6-2-7-18-28)29-19-8-3-9-20-29/h1-26,38H. The summed E-state index contributed by atoms with van der Waals surface area (Å²) in [5, 5.41) is 3.90. The van der Waals surface area contributed by atoms with Crippen LogP contribution in [0.2, 0.25) is 0 Å². The number of benzene rings is 6. The Morgan fingerprint density at radius 3 is 1.55 bits per heavy atom. The van der Waals surface area contributed by atoms with Gasteiger partial charge in [0.2, 0.25) is 0 Å². The Kier molecular flexibility index (Phi) is 5.41. The van der Waals surface area contributed by atoms with Crippen LogP contribution >= 0.6 is 0 Å². The predicted octanol–water partition coefficient (Wildman–Crippen LogP) is 9.46. The van der Waals surface area contributed by atoms with Crippen molar-refractivity contribution >= 4 is 11.4 Å². The largest absolute Gasteiger partial charge is 0.355 e. The number of rotatable bonds is 5. The van der Waals surface area contributed by atoms with E-state index in [1.807, 2.05) is 0 Å². The number of hydrogen-bond donors (Lipinski definition) is 1. The smallest absolute Gasteiger partial charge is 0.0733 e. The van der Waals surface area contributed by atoms with Crippen LogP contribution in [0, 0.1) is 0 Å². The number of nitrogens with one attached hydrogen (secondary N) is 1. The van der Waals surface area contributed by atoms with E-state index in [2.05, 4.69) is 163 Å². The van der Waals surface area contributed by atoms with E-state index in [-0.39, 0.29) is 0 Å². The first-order valence-electron chi connectivity index (χ1n) is 13.1. The highest BCUT2D eigenvalue weighted by Gasteiger charge is 2.47. The first kappa shape index (κ1) is 22.3. The van der Waals surface area contributed by atoms with Gasteiger partial charge in [0, 0.05) is 22.5 Å². The molecular weight excluding hydrogens is 458 g/mol. The van der Waals surface area contributed by atoms with Gasteiger partial charge in [-0.25, -0.2) is 0 Å². The molecule has 0 amide bonds. The van der Waals surface area contributed by atoms with Crippen molar-refractivity contribution in [3.63, 3.8) is 0 Å². The van der Waals surface area contributed by atoms with Gasteiger partial charge in [-0.1, -0.05) is 146 Å². The van der Waals surface area contributed by atoms with Gasteiger partial charge in [-0.15, -0.1) is 0 Å². The third-order valence-corrected chi connectivity index (χ3v) is 7.76. The van der Waals surface area contributed by atoms with E-state index in [1.54, 1.807) is 0 Å². The highest BCUT2D eigenvalue weighted by molar-refractivity contribution is 5.93. The number of hydrogen-bond acceptors (Lipinski definition) is 1. The third kappa shape index (κ3) is 3.40. The summed E-state index contributed by atoms with van der Waals surface area (Å²) in [5.74, 6) is 0. The summed E-state index contributed by atoms with van der Waals surface area (Å²) in [4.78, 5) is 0. The second-order valence-corrected chi connectivity index (χ2v) is 9.79. The van der Waals surface area contributed by atoms with Crippen LogP contribution in [0.3, 0.4) is 0 Å². The molecule has 0 aromatic heterocycles. The van der Waals surface area contributed by atoms with Crippen molar-refractivity contribution in [1.29, 1.82) is 0 Å². The van der Waals surface area contributed by atoms with Gasteiger partial charge in [0.25, 0.3) is 0 Å². The highest BCUT2D eigenvalue weighted by atomic mass is 14.9. The van der Waals surface area contributed by atoms with Crippen molar-refractivity contribution in [2.75, 3.05) is 5.32 Å². The minimum Gasteiger partial charge on any atom is -0.355 e. The van der Waals surface area contributed by atoms with Gasteiger partial charge in [0.05, 0.1) is 5.41 Å². The monoisotopic (exact) mass is 485 g/mol. The summed E-state index contributed by atoms with van der Waals surface area (Å²) in [7, 11) is 0. The molecule has 6 aromatic rings. The molecule has 0 heterocycles. The van der Waals surface area contributed by atoms with Crippen LogP contribution in [0.4, 0.5) is 11.4 Å². The molecule has 0 aliphatic heterocycles. The molecule has 1 heteroatoms. The van der Waals surface area contributed by atoms with Crippen molar-refractivity contribution in [3.05, 3.63) is 180 Å². The summed E-state index contributed by atoms with van der Waals surface area (Å²) in [6.45, 7) is 0. The zero-order chi connectivity index (χ0) is 25.4. The second kappa shape index (κ2) is 9.21. The van der Waals surface area contributed by atoms with Crippen molar-refractivity contribution in [2.24, 2.45) is 0 Å². The van der Waals surface area contributed by atoms with Crippen LogP contribution in [0.1, 0.15) is 22.3 Å². The van der Waals surface area contributed by atoms with E-state index in [4.69, 9.17) is 0 Å². The van der Waals surface area contributed by atoms with E-state index in [1.165, 1.54) is 44.5 Å². The first-order chi connectivity index (χ1) is 18.9. The van der Waals surface area contributed by atoms with E-state index < -0.39 is 5.41 Å². The Bertz CT molecular complexity index is 1680. The minimum absolute atomic E-state index is 0.445. The van der Waals surface area contributed by atoms with Crippen LogP contribution < -0.4 is 5.32 Å². The second-order valence-electron chi connectivity index (χ2n) is 9.79. The zero-order valence-electron chi connectivity index (χ0n) is 21.0. The zero-order valence-corrected chi connectivity index (χ0v) is 21.0. The maximum Gasteiger partial charge on any atom is 0.0733 e. The Morgan fingerprint density at radius 1 is 0.368 bits per heavy atom. The quantitative estimate of drug-likeness (QED) is 0.256. The third-order valence-electron chi connectivity index (χ3n) is 7.76. The van der Waals surface area contributed by atoms with Crippen molar-refractivity contribution in [2.45, 2.75) is 5.41 Å². The summed E-state index contributed by atoms with van der Waals surface area (Å²) >= 11 is 0. The van der Waals surface area contributed by atoms with Gasteiger partial charge in [-0.05, 0) is 45.5 Å². The number of para-hydroxylation sites is 1. The molecule has 1 aliphatic rings. The molecule has 0 spiro atoms. The molecule has 0 saturated heterocycles. The first-order valence-corrected chi connectivity index (χ1v) is 13.1. The van der Waals surface area contributed by atoms with Gasteiger partial charge in [0.15, 0.2) is 0 Å². The van der Waals surface area contributed by atoms with Crippen LogP contribution in [-0.2, 0) is 5.41 Å². The van der Waals surface area contributed by atoms with Gasteiger partial charge < -0.3 is 5.32 Å². The van der Waals surface area contributed by atoms with Crippen LogP contribution in [0.15, 0.2) is 158 Å². The van der Waals surface area contributed by atoms with Gasteiger partial charge in [-0.2, -0.15) is 0 Å². The molecule has 0 saturated carbocycles. The number of fused-ring (bicyclic) bond motifs is 3. The molecule has 0 fully saturated rings. The molecule has 0 radical (unpaired) electrons. The predicted molar refractivity (Wildman–Crippen MR) is 159 cm³/mol. The Morgan fingerprint density at radius 2 is 0.868 bits per heavy atom. The highest BCUT2D eigenvalue weighted by Crippen LogP contribution is 2.58. The lowest BCUT2D eigenvalue weighted by Crippen LogP contribution is -2.29. The van der Waals surface area contributed by atoms with Gasteiger partial charge >= 0.3 is 0 Å². The lowest BCUT2D eigenvalue weighted by molar-refractivity contribution is 0.770. The SMILES string of the molecule is c1ccc(-c2ccccc2Nc2cccc3c2C(c2ccccc2)(c2ccccc2)c2ccccc2-3)cc1. The van der Waals surface area contributed by atoms with E-state index in [0.29, 0.717) is 0 Å². The molecule has 38 heavy (non-hydrogen) atoms. The average Bonchev–Trinajstić information content (AvgIpc) is 3.31. The van der Waals surface area contributed by atoms with E-state index >= 15 is 0 Å². The van der Waals surface area contributed by atoms with Gasteiger partial charge in [0.1, 0.15) is 0 Å². The fourth-order valence-electron chi connectivity index (χ4n) is 6.21. The molecule has 180 valence electrons. The molecule has 7 rings (SSSR count). The molecule has 1 N–H and O–H groups in total. The van der Waals surface area contributed by atoms with Crippen LogP contribution in [0.25, 0.3) is 22.3 Å². The molecule has 6 aromatic carbocycles. The summed E-state index contributed by atoms with van der Waals surface area (Å²) < 4.78 is 0. The number of anilines is 2. The summed E-state index contributed by atoms with van der Waals surface area (Å²) in [6, 6.07) is 56.7. The normalized spacial score (nSPS) is 12.9. The fourth-order valence-corrected chi connectivity index (χ4v) is 6.21. The van der Waals surface area contributed by atoms with Crippen LogP contribution in [-0.4, -0.2) is 0 Å². The topological polar surface area (TPSA) is 12.0 Å². The van der Waals surface area contributed by atoms with Gasteiger partial charge in [-0.3, -0.25) is 0 Å². The minimum atomic E-state index is -0.445. The van der Waals surface area contributed by atoms with Crippen molar-refractivity contribution < 1.29 is 0 Å². The molecule has 0 bridgehead atoms. The fraction of sp³-hybridized carbons (Fsp3) is 0.0270. The maximum absolute atomic E-state index is 3.90. The lowest BCUT2D eigenvalue weighted by Gasteiger charge is -2.35. The molecule has 1 nitrogen and oxygen atoms in total. The molecule has 0 atom stereocenters. The van der Waals surface area contributed by atoms with E-state index in [0.717, 1.165) is 11.4 Å². The lowest BCUT2D eigenvalue weighted by atomic mass is 9.67. The molecule has 1 aliphatic carbocycles. The van der Waals surface area contributed by atoms with E-state index in [9.17, 15) is 0 Å². The molecule has 0 unspecified atom stereocenters. The van der Waals surface area contributed by atoms with Crippen molar-refractivity contribution in [3.8, 4) is 22.3 Å². The van der Waals surface area contributed by atoms with Crippen LogP contribution in [0.5, 0.6) is 0 Å².